The maximum Gasteiger partial charge on any atom is 0.243 e. The van der Waals surface area contributed by atoms with E-state index >= 15 is 0 Å². The number of piperidine rings is 1. The number of benzene rings is 2. The Kier molecular flexibility index (Phi) is 5.92. The fourth-order valence-electron chi connectivity index (χ4n) is 4.38. The highest BCUT2D eigenvalue weighted by molar-refractivity contribution is 7.98. The van der Waals surface area contributed by atoms with Crippen LogP contribution in [0.4, 0.5) is 0 Å². The number of thioether (sulfide) groups is 1. The van der Waals surface area contributed by atoms with Gasteiger partial charge in [-0.3, -0.25) is 4.98 Å². The molecule has 0 N–H and O–H groups in total. The van der Waals surface area contributed by atoms with Gasteiger partial charge in [-0.1, -0.05) is 24.6 Å². The summed E-state index contributed by atoms with van der Waals surface area (Å²) in [5.41, 5.74) is 2.69. The Hall–Kier alpha value is -2.42. The average molecular weight is 467 g/mol. The third-order valence-electron chi connectivity index (χ3n) is 6.03. The number of para-hydroxylation sites is 1. The summed E-state index contributed by atoms with van der Waals surface area (Å²) in [4.78, 5) is 10.8. The minimum Gasteiger partial charge on any atom is -0.328 e. The number of aryl methyl sites for hydroxylation is 1. The van der Waals surface area contributed by atoms with Crippen molar-refractivity contribution >= 4 is 43.7 Å². The molecule has 0 bridgehead atoms. The van der Waals surface area contributed by atoms with Gasteiger partial charge < -0.3 is 4.57 Å². The monoisotopic (exact) mass is 466 g/mol. The molecule has 1 saturated heterocycles. The van der Waals surface area contributed by atoms with Crippen molar-refractivity contribution in [3.05, 3.63) is 60.6 Å². The van der Waals surface area contributed by atoms with Crippen molar-refractivity contribution in [2.24, 2.45) is 0 Å². The van der Waals surface area contributed by atoms with Crippen molar-refractivity contribution in [1.29, 1.82) is 0 Å². The molecule has 2 aromatic heterocycles. The Morgan fingerprint density at radius 2 is 1.81 bits per heavy atom. The maximum atomic E-state index is 13.1. The van der Waals surface area contributed by atoms with Gasteiger partial charge in [0, 0.05) is 36.1 Å². The van der Waals surface area contributed by atoms with Crippen LogP contribution in [0.25, 0.3) is 21.9 Å². The lowest BCUT2D eigenvalue weighted by molar-refractivity contribution is 0.346. The normalized spacial score (nSPS) is 15.5. The standard InChI is InChI=1S/C24H26N4O2S2/c1-2-28-22-11-10-18(32(29,30)27-14-6-3-7-15-27)16-21(22)26-24(28)17-31-23-12-13-25-20-9-5-4-8-19(20)23/h4-5,8-13,16H,2-3,6-7,14-15,17H2,1H3. The molecule has 6 nitrogen and oxygen atoms in total. The molecule has 32 heavy (non-hydrogen) atoms. The second-order valence-electron chi connectivity index (χ2n) is 8.00. The van der Waals surface area contributed by atoms with Crippen molar-refractivity contribution in [3.63, 3.8) is 0 Å². The second-order valence-corrected chi connectivity index (χ2v) is 11.0. The molecule has 0 radical (unpaired) electrons. The molecule has 1 aliphatic heterocycles. The van der Waals surface area contributed by atoms with E-state index in [1.807, 2.05) is 36.5 Å². The zero-order valence-electron chi connectivity index (χ0n) is 18.1. The lowest BCUT2D eigenvalue weighted by atomic mass is 10.2. The molecule has 0 atom stereocenters. The molecule has 0 amide bonds. The summed E-state index contributed by atoms with van der Waals surface area (Å²) in [7, 11) is -3.47. The van der Waals surface area contributed by atoms with Gasteiger partial charge in [-0.25, -0.2) is 13.4 Å². The molecule has 0 spiro atoms. The topological polar surface area (TPSA) is 68.1 Å². The van der Waals surface area contributed by atoms with Crippen molar-refractivity contribution in [3.8, 4) is 0 Å². The second kappa shape index (κ2) is 8.84. The van der Waals surface area contributed by atoms with Gasteiger partial charge in [-0.15, -0.1) is 11.8 Å². The fourth-order valence-corrected chi connectivity index (χ4v) is 6.90. The van der Waals surface area contributed by atoms with Crippen LogP contribution in [0.3, 0.4) is 0 Å². The summed E-state index contributed by atoms with van der Waals surface area (Å²) in [5.74, 6) is 1.64. The van der Waals surface area contributed by atoms with Crippen molar-refractivity contribution in [1.82, 2.24) is 18.8 Å². The Morgan fingerprint density at radius 1 is 1.00 bits per heavy atom. The summed E-state index contributed by atoms with van der Waals surface area (Å²) in [6, 6.07) is 15.5. The summed E-state index contributed by atoms with van der Waals surface area (Å²) < 4.78 is 30.0. The Bertz CT molecular complexity index is 1370. The number of nitrogens with zero attached hydrogens (tertiary/aromatic N) is 4. The summed E-state index contributed by atoms with van der Waals surface area (Å²) >= 11 is 1.73. The third-order valence-corrected chi connectivity index (χ3v) is 9.00. The van der Waals surface area contributed by atoms with E-state index < -0.39 is 10.0 Å². The number of hydrogen-bond acceptors (Lipinski definition) is 5. The summed E-state index contributed by atoms with van der Waals surface area (Å²) in [5, 5.41) is 1.13. The van der Waals surface area contributed by atoms with E-state index in [0.717, 1.165) is 53.6 Å². The molecule has 1 aliphatic rings. The van der Waals surface area contributed by atoms with Gasteiger partial charge in [-0.05, 0) is 50.1 Å². The van der Waals surface area contributed by atoms with Crippen LogP contribution in [0.1, 0.15) is 32.0 Å². The van der Waals surface area contributed by atoms with Gasteiger partial charge in [0.05, 0.1) is 27.2 Å². The van der Waals surface area contributed by atoms with Crippen molar-refractivity contribution in [2.75, 3.05) is 13.1 Å². The predicted molar refractivity (Wildman–Crippen MR) is 129 cm³/mol. The summed E-state index contributed by atoms with van der Waals surface area (Å²) in [6.07, 6.45) is 4.79. The molecule has 2 aromatic carbocycles. The van der Waals surface area contributed by atoms with E-state index in [1.54, 1.807) is 28.2 Å². The van der Waals surface area contributed by atoms with Crippen LogP contribution in [0.5, 0.6) is 0 Å². The van der Waals surface area contributed by atoms with Crippen LogP contribution in [0.15, 0.2) is 64.5 Å². The zero-order valence-corrected chi connectivity index (χ0v) is 19.7. The predicted octanol–water partition coefficient (Wildman–Crippen LogP) is 5.07. The largest absolute Gasteiger partial charge is 0.328 e. The fraction of sp³-hybridized carbons (Fsp3) is 0.333. The number of pyridine rings is 1. The van der Waals surface area contributed by atoms with Crippen LogP contribution in [0, 0.1) is 0 Å². The SMILES string of the molecule is CCn1c(CSc2ccnc3ccccc23)nc2cc(S(=O)(=O)N3CCCCC3)ccc21. The first-order valence-corrected chi connectivity index (χ1v) is 13.5. The number of sulfonamides is 1. The Labute approximate surface area is 192 Å². The van der Waals surface area contributed by atoms with Crippen molar-refractivity contribution < 1.29 is 8.42 Å². The molecule has 1 fully saturated rings. The highest BCUT2D eigenvalue weighted by Crippen LogP contribution is 2.31. The van der Waals surface area contributed by atoms with Gasteiger partial charge in [-0.2, -0.15) is 4.31 Å². The molecule has 3 heterocycles. The third kappa shape index (κ3) is 3.91. The number of imidazole rings is 1. The van der Waals surface area contributed by atoms with Crippen LogP contribution in [-0.4, -0.2) is 40.3 Å². The molecule has 166 valence electrons. The maximum absolute atomic E-state index is 13.1. The van der Waals surface area contributed by atoms with E-state index in [-0.39, 0.29) is 0 Å². The van der Waals surface area contributed by atoms with Gasteiger partial charge in [0.25, 0.3) is 0 Å². The van der Waals surface area contributed by atoms with Gasteiger partial charge in [0.1, 0.15) is 5.82 Å². The molecule has 0 unspecified atom stereocenters. The Morgan fingerprint density at radius 3 is 2.62 bits per heavy atom. The van der Waals surface area contributed by atoms with Gasteiger partial charge in [0.15, 0.2) is 0 Å². The Balaban J connectivity index is 1.46. The molecular weight excluding hydrogens is 440 g/mol. The highest BCUT2D eigenvalue weighted by atomic mass is 32.2. The van der Waals surface area contributed by atoms with E-state index in [4.69, 9.17) is 4.98 Å². The number of rotatable bonds is 6. The first-order chi connectivity index (χ1) is 15.6. The molecular formula is C24H26N4O2S2. The number of hydrogen-bond donors (Lipinski definition) is 0. The van der Waals surface area contributed by atoms with Gasteiger partial charge >= 0.3 is 0 Å². The van der Waals surface area contributed by atoms with E-state index in [9.17, 15) is 8.42 Å². The molecule has 5 rings (SSSR count). The smallest absolute Gasteiger partial charge is 0.243 e. The molecule has 8 heteroatoms. The zero-order chi connectivity index (χ0) is 22.1. The highest BCUT2D eigenvalue weighted by Gasteiger charge is 2.26. The first-order valence-electron chi connectivity index (χ1n) is 11.0. The quantitative estimate of drug-likeness (QED) is 0.371. The van der Waals surface area contributed by atoms with E-state index in [1.165, 1.54) is 4.90 Å². The lowest BCUT2D eigenvalue weighted by Crippen LogP contribution is -2.35. The molecule has 0 aliphatic carbocycles. The van der Waals surface area contributed by atoms with Crippen LogP contribution in [-0.2, 0) is 22.3 Å². The molecule has 4 aromatic rings. The lowest BCUT2D eigenvalue weighted by Gasteiger charge is -2.25. The van der Waals surface area contributed by atoms with E-state index in [2.05, 4.69) is 22.5 Å². The van der Waals surface area contributed by atoms with Crippen LogP contribution < -0.4 is 0 Å². The molecule has 0 saturated carbocycles. The first kappa shape index (κ1) is 21.4. The van der Waals surface area contributed by atoms with Crippen LogP contribution >= 0.6 is 11.8 Å². The minimum atomic E-state index is -3.47. The average Bonchev–Trinajstić information content (AvgIpc) is 3.20. The number of fused-ring (bicyclic) bond motifs is 2. The summed E-state index contributed by atoms with van der Waals surface area (Å²) in [6.45, 7) is 4.08. The van der Waals surface area contributed by atoms with Gasteiger partial charge in [0.2, 0.25) is 10.0 Å². The number of aromatic nitrogens is 3. The van der Waals surface area contributed by atoms with E-state index in [0.29, 0.717) is 23.7 Å². The van der Waals surface area contributed by atoms with Crippen molar-refractivity contribution in [2.45, 2.75) is 48.3 Å². The van der Waals surface area contributed by atoms with Crippen LogP contribution in [0.2, 0.25) is 0 Å². The minimum absolute atomic E-state index is 0.340.